The molecule has 1 heterocycles. The molecule has 2 aromatic rings. The smallest absolute Gasteiger partial charge is 0.310 e. The molecule has 28 heavy (non-hydrogen) atoms. The molecule has 148 valence electrons. The number of anilines is 2. The van der Waals surface area contributed by atoms with Crippen LogP contribution >= 0.6 is 11.6 Å². The minimum absolute atomic E-state index is 0.0491. The van der Waals surface area contributed by atoms with Gasteiger partial charge in [0.1, 0.15) is 0 Å². The van der Waals surface area contributed by atoms with E-state index in [4.69, 9.17) is 16.3 Å². The van der Waals surface area contributed by atoms with Crippen molar-refractivity contribution in [2.75, 3.05) is 50.1 Å². The predicted molar refractivity (Wildman–Crippen MR) is 108 cm³/mol. The monoisotopic (exact) mass is 404 g/mol. The summed E-state index contributed by atoms with van der Waals surface area (Å²) in [4.78, 5) is 27.3. The second-order valence-corrected chi connectivity index (χ2v) is 6.95. The molecule has 3 rings (SSSR count). The van der Waals surface area contributed by atoms with Gasteiger partial charge in [-0.3, -0.25) is 14.9 Å². The van der Waals surface area contributed by atoms with Gasteiger partial charge in [0, 0.05) is 37.3 Å². The van der Waals surface area contributed by atoms with Crippen LogP contribution in [-0.4, -0.2) is 55.6 Å². The van der Waals surface area contributed by atoms with Crippen LogP contribution in [0.1, 0.15) is 0 Å². The third-order valence-electron chi connectivity index (χ3n) is 4.50. The summed E-state index contributed by atoms with van der Waals surface area (Å²) in [5.74, 6) is -0.371. The van der Waals surface area contributed by atoms with Crippen molar-refractivity contribution in [3.05, 3.63) is 57.6 Å². The number of nitro groups is 1. The number of halogens is 1. The van der Waals surface area contributed by atoms with Crippen molar-refractivity contribution in [2.24, 2.45) is 0 Å². The number of carbonyl (C=O) groups is 1. The summed E-state index contributed by atoms with van der Waals surface area (Å²) in [6, 6.07) is 11.3. The first-order valence-electron chi connectivity index (χ1n) is 8.83. The Labute approximate surface area is 167 Å². The average Bonchev–Trinajstić information content (AvgIpc) is 2.67. The van der Waals surface area contributed by atoms with Crippen LogP contribution in [-0.2, 0) is 4.79 Å². The van der Waals surface area contributed by atoms with Crippen molar-refractivity contribution in [2.45, 2.75) is 0 Å². The van der Waals surface area contributed by atoms with E-state index in [-0.39, 0.29) is 18.0 Å². The van der Waals surface area contributed by atoms with E-state index in [9.17, 15) is 14.9 Å². The lowest BCUT2D eigenvalue weighted by molar-refractivity contribution is -0.385. The number of amides is 1. The fourth-order valence-electron chi connectivity index (χ4n) is 2.99. The van der Waals surface area contributed by atoms with Crippen LogP contribution in [0, 0.1) is 10.1 Å². The van der Waals surface area contributed by atoms with Gasteiger partial charge < -0.3 is 19.9 Å². The van der Waals surface area contributed by atoms with Gasteiger partial charge >= 0.3 is 5.69 Å². The number of hydrogen-bond donors (Lipinski definition) is 1. The van der Waals surface area contributed by atoms with Gasteiger partial charge in [0.15, 0.2) is 12.4 Å². The van der Waals surface area contributed by atoms with Crippen LogP contribution in [0.5, 0.6) is 5.75 Å². The van der Waals surface area contributed by atoms with Crippen LogP contribution in [0.15, 0.2) is 42.5 Å². The number of ether oxygens (including phenoxy) is 1. The number of hydrogen-bond acceptors (Lipinski definition) is 6. The summed E-state index contributed by atoms with van der Waals surface area (Å²) < 4.78 is 5.36. The Morgan fingerprint density at radius 3 is 2.64 bits per heavy atom. The maximum Gasteiger partial charge on any atom is 0.310 e. The molecule has 0 unspecified atom stereocenters. The van der Waals surface area contributed by atoms with Crippen LogP contribution in [0.4, 0.5) is 17.1 Å². The lowest BCUT2D eigenvalue weighted by atomic mass is 10.2. The van der Waals surface area contributed by atoms with E-state index < -0.39 is 10.8 Å². The van der Waals surface area contributed by atoms with E-state index in [2.05, 4.69) is 22.2 Å². The third-order valence-corrected chi connectivity index (χ3v) is 4.73. The van der Waals surface area contributed by atoms with Crippen LogP contribution in [0.25, 0.3) is 0 Å². The van der Waals surface area contributed by atoms with Gasteiger partial charge in [0.2, 0.25) is 0 Å². The van der Waals surface area contributed by atoms with Gasteiger partial charge in [0.05, 0.1) is 16.3 Å². The highest BCUT2D eigenvalue weighted by Gasteiger charge is 2.19. The Balaban J connectivity index is 1.69. The molecular weight excluding hydrogens is 384 g/mol. The van der Waals surface area contributed by atoms with E-state index in [1.54, 1.807) is 24.3 Å². The maximum absolute atomic E-state index is 12.4. The summed E-state index contributed by atoms with van der Waals surface area (Å²) in [5.41, 5.74) is 1.29. The summed E-state index contributed by atoms with van der Waals surface area (Å²) in [6.07, 6.45) is 0. The van der Waals surface area contributed by atoms with Crippen molar-refractivity contribution in [3.63, 3.8) is 0 Å². The van der Waals surface area contributed by atoms with Crippen LogP contribution < -0.4 is 15.0 Å². The molecule has 9 heteroatoms. The van der Waals surface area contributed by atoms with Crippen molar-refractivity contribution < 1.29 is 14.5 Å². The second kappa shape index (κ2) is 8.90. The summed E-state index contributed by atoms with van der Waals surface area (Å²) >= 11 is 6.11. The van der Waals surface area contributed by atoms with Gasteiger partial charge in [-0.05, 0) is 31.3 Å². The Morgan fingerprint density at radius 1 is 1.21 bits per heavy atom. The highest BCUT2D eigenvalue weighted by molar-refractivity contribution is 6.31. The molecule has 0 atom stereocenters. The standard InChI is InChI=1S/C19H21ClN4O4/c1-22-8-10-23(11-9-22)16-7-6-14(20)12-15(16)21-19(25)13-28-18-5-3-2-4-17(18)24(26)27/h2-7,12H,8-11,13H2,1H3,(H,21,25). The summed E-state index contributed by atoms with van der Waals surface area (Å²) in [6.45, 7) is 3.19. The predicted octanol–water partition coefficient (Wildman–Crippen LogP) is 3.02. The topological polar surface area (TPSA) is 88.0 Å². The van der Waals surface area contributed by atoms with Gasteiger partial charge in [-0.2, -0.15) is 0 Å². The fourth-order valence-corrected chi connectivity index (χ4v) is 3.16. The van der Waals surface area contributed by atoms with Crippen LogP contribution in [0.2, 0.25) is 5.02 Å². The number of carbonyl (C=O) groups excluding carboxylic acids is 1. The Kier molecular flexibility index (Phi) is 6.33. The Hall–Kier alpha value is -2.84. The number of piperazine rings is 1. The molecule has 0 aromatic heterocycles. The molecule has 1 amide bonds. The van der Waals surface area contributed by atoms with E-state index >= 15 is 0 Å². The van der Waals surface area contributed by atoms with Gasteiger partial charge in [-0.15, -0.1) is 0 Å². The molecule has 8 nitrogen and oxygen atoms in total. The molecule has 1 aliphatic heterocycles. The molecule has 1 N–H and O–H groups in total. The molecule has 0 aliphatic carbocycles. The number of nitrogens with zero attached hydrogens (tertiary/aromatic N) is 3. The molecule has 1 aliphatic rings. The van der Waals surface area contributed by atoms with Crippen molar-refractivity contribution in [3.8, 4) is 5.75 Å². The number of nitro benzene ring substituents is 1. The molecule has 1 fully saturated rings. The minimum Gasteiger partial charge on any atom is -0.477 e. The zero-order valence-electron chi connectivity index (χ0n) is 15.4. The van der Waals surface area contributed by atoms with E-state index in [1.807, 2.05) is 6.07 Å². The van der Waals surface area contributed by atoms with Crippen LogP contribution in [0.3, 0.4) is 0 Å². The first kappa shape index (κ1) is 19.9. The van der Waals surface area contributed by atoms with Crippen molar-refractivity contribution in [1.29, 1.82) is 0 Å². The maximum atomic E-state index is 12.4. The van der Waals surface area contributed by atoms with Crippen molar-refractivity contribution in [1.82, 2.24) is 4.90 Å². The molecule has 0 bridgehead atoms. The first-order chi connectivity index (χ1) is 13.4. The molecule has 0 spiro atoms. The lowest BCUT2D eigenvalue weighted by Crippen LogP contribution is -2.44. The quantitative estimate of drug-likeness (QED) is 0.588. The van der Waals surface area contributed by atoms with Gasteiger partial charge in [0.25, 0.3) is 5.91 Å². The molecule has 2 aromatic carbocycles. The first-order valence-corrected chi connectivity index (χ1v) is 9.21. The zero-order valence-corrected chi connectivity index (χ0v) is 16.2. The van der Waals surface area contributed by atoms with E-state index in [0.29, 0.717) is 10.7 Å². The number of likely N-dealkylation sites (N-methyl/N-ethyl adjacent to an activating group) is 1. The molecular formula is C19H21ClN4O4. The molecule has 0 saturated carbocycles. The van der Waals surface area contributed by atoms with E-state index in [1.165, 1.54) is 12.1 Å². The second-order valence-electron chi connectivity index (χ2n) is 6.51. The SMILES string of the molecule is CN1CCN(c2ccc(Cl)cc2NC(=O)COc2ccccc2[N+](=O)[O-])CC1. The average molecular weight is 405 g/mol. The Morgan fingerprint density at radius 2 is 1.93 bits per heavy atom. The number of nitrogens with one attached hydrogen (secondary N) is 1. The molecule has 0 radical (unpaired) electrons. The minimum atomic E-state index is -0.546. The lowest BCUT2D eigenvalue weighted by Gasteiger charge is -2.35. The zero-order chi connectivity index (χ0) is 20.1. The highest BCUT2D eigenvalue weighted by Crippen LogP contribution is 2.30. The molecule has 1 saturated heterocycles. The summed E-state index contributed by atoms with van der Waals surface area (Å²) in [7, 11) is 2.07. The summed E-state index contributed by atoms with van der Waals surface area (Å²) in [5, 5.41) is 14.4. The van der Waals surface area contributed by atoms with Crippen molar-refractivity contribution >= 4 is 34.6 Å². The van der Waals surface area contributed by atoms with Gasteiger partial charge in [-0.25, -0.2) is 0 Å². The Bertz CT molecular complexity index is 869. The number of benzene rings is 2. The number of rotatable bonds is 6. The third kappa shape index (κ3) is 4.90. The van der Waals surface area contributed by atoms with Gasteiger partial charge in [-0.1, -0.05) is 23.7 Å². The number of para-hydroxylation sites is 2. The fraction of sp³-hybridized carbons (Fsp3) is 0.316. The highest BCUT2D eigenvalue weighted by atomic mass is 35.5. The normalized spacial score (nSPS) is 14.6. The van der Waals surface area contributed by atoms with E-state index in [0.717, 1.165) is 31.9 Å². The largest absolute Gasteiger partial charge is 0.477 e.